The molecule has 1 aliphatic rings. The topological polar surface area (TPSA) is 87.3 Å². The molecule has 1 atom stereocenters. The molecule has 0 spiro atoms. The van der Waals surface area contributed by atoms with Crippen LogP contribution in [0.15, 0.2) is 35.2 Å². The zero-order chi connectivity index (χ0) is 18.4. The van der Waals surface area contributed by atoms with Gasteiger partial charge in [0.05, 0.1) is 5.69 Å². The van der Waals surface area contributed by atoms with Gasteiger partial charge in [0.25, 0.3) is 5.91 Å². The van der Waals surface area contributed by atoms with E-state index in [0.717, 1.165) is 34.9 Å². The predicted molar refractivity (Wildman–Crippen MR) is 93.4 cm³/mol. The Bertz CT molecular complexity index is 950. The maximum atomic E-state index is 13.4. The number of carbonyl (C=O) groups excluding carboxylic acids is 1. The summed E-state index contributed by atoms with van der Waals surface area (Å²) in [7, 11) is -3.91. The quantitative estimate of drug-likeness (QED) is 0.765. The molecule has 8 heteroatoms. The third-order valence-electron chi connectivity index (χ3n) is 3.99. The van der Waals surface area contributed by atoms with Crippen molar-refractivity contribution in [2.24, 2.45) is 0 Å². The third-order valence-corrected chi connectivity index (χ3v) is 5.47. The van der Waals surface area contributed by atoms with Gasteiger partial charge in [0.2, 0.25) is 10.0 Å². The summed E-state index contributed by atoms with van der Waals surface area (Å²) in [5.74, 6) is -1.17. The zero-order valence-electron chi connectivity index (χ0n) is 14.0. The van der Waals surface area contributed by atoms with Crippen LogP contribution in [-0.2, 0) is 14.8 Å². The maximum Gasteiger partial charge on any atom is 0.262 e. The summed E-state index contributed by atoms with van der Waals surface area (Å²) in [6.45, 7) is 5.67. The smallest absolute Gasteiger partial charge is 0.262 e. The largest absolute Gasteiger partial charge is 0.360 e. The summed E-state index contributed by atoms with van der Waals surface area (Å²) in [5.41, 5.74) is 3.48. The number of nitrogens with one attached hydrogen (secondary N) is 3. The number of carbonyl (C=O) groups is 1. The SMILES string of the molecule is Cc1cc(C)c(NC(=O)[C@H]2Nc3cc(F)ccc3S(=O)(=O)N2)c(C)c1. The Morgan fingerprint density at radius 3 is 2.40 bits per heavy atom. The number of amides is 1. The number of rotatable bonds is 2. The molecule has 6 nitrogen and oxygen atoms in total. The number of hydrogen-bond acceptors (Lipinski definition) is 4. The summed E-state index contributed by atoms with van der Waals surface area (Å²) in [6.07, 6.45) is -1.24. The van der Waals surface area contributed by atoms with Crippen LogP contribution in [0.4, 0.5) is 15.8 Å². The van der Waals surface area contributed by atoms with E-state index >= 15 is 0 Å². The van der Waals surface area contributed by atoms with Gasteiger partial charge in [-0.2, -0.15) is 4.72 Å². The molecule has 132 valence electrons. The molecule has 2 aromatic rings. The first-order valence-electron chi connectivity index (χ1n) is 7.64. The van der Waals surface area contributed by atoms with Crippen LogP contribution in [0.5, 0.6) is 0 Å². The molecule has 0 bridgehead atoms. The monoisotopic (exact) mass is 363 g/mol. The highest BCUT2D eigenvalue weighted by atomic mass is 32.2. The molecule has 25 heavy (non-hydrogen) atoms. The van der Waals surface area contributed by atoms with E-state index in [-0.39, 0.29) is 10.6 Å². The van der Waals surface area contributed by atoms with Gasteiger partial charge in [-0.1, -0.05) is 17.7 Å². The lowest BCUT2D eigenvalue weighted by Crippen LogP contribution is -2.51. The fraction of sp³-hybridized carbons (Fsp3) is 0.235. The van der Waals surface area contributed by atoms with Gasteiger partial charge in [-0.3, -0.25) is 4.79 Å². The molecule has 2 aromatic carbocycles. The van der Waals surface area contributed by atoms with Crippen molar-refractivity contribution in [1.29, 1.82) is 0 Å². The molecule has 1 amide bonds. The van der Waals surface area contributed by atoms with Crippen molar-refractivity contribution in [3.8, 4) is 0 Å². The van der Waals surface area contributed by atoms with Crippen LogP contribution in [0.1, 0.15) is 16.7 Å². The number of sulfonamides is 1. The fourth-order valence-electron chi connectivity index (χ4n) is 2.94. The minimum Gasteiger partial charge on any atom is -0.360 e. The Balaban J connectivity index is 1.90. The van der Waals surface area contributed by atoms with Crippen LogP contribution in [0, 0.1) is 26.6 Å². The van der Waals surface area contributed by atoms with E-state index in [1.54, 1.807) is 0 Å². The average molecular weight is 363 g/mol. The molecule has 0 radical (unpaired) electrons. The predicted octanol–water partition coefficient (Wildman–Crippen LogP) is 2.42. The van der Waals surface area contributed by atoms with Crippen LogP contribution >= 0.6 is 0 Å². The summed E-state index contributed by atoms with van der Waals surface area (Å²) >= 11 is 0. The van der Waals surface area contributed by atoms with E-state index in [2.05, 4.69) is 15.4 Å². The molecular weight excluding hydrogens is 345 g/mol. The summed E-state index contributed by atoms with van der Waals surface area (Å²) in [5, 5.41) is 5.46. The van der Waals surface area contributed by atoms with Gasteiger partial charge in [0.1, 0.15) is 10.7 Å². The minimum absolute atomic E-state index is 0.0521. The van der Waals surface area contributed by atoms with Crippen molar-refractivity contribution in [3.05, 3.63) is 52.8 Å². The van der Waals surface area contributed by atoms with Crippen LogP contribution in [0.2, 0.25) is 0 Å². The van der Waals surface area contributed by atoms with Gasteiger partial charge >= 0.3 is 0 Å². The van der Waals surface area contributed by atoms with E-state index < -0.39 is 27.9 Å². The molecule has 0 fully saturated rings. The van der Waals surface area contributed by atoms with Crippen LogP contribution in [-0.4, -0.2) is 20.5 Å². The fourth-order valence-corrected chi connectivity index (χ4v) is 4.20. The van der Waals surface area contributed by atoms with E-state index in [1.807, 2.05) is 32.9 Å². The number of benzene rings is 2. The first-order chi connectivity index (χ1) is 11.7. The second-order valence-corrected chi connectivity index (χ2v) is 7.78. The third kappa shape index (κ3) is 3.35. The minimum atomic E-state index is -3.91. The summed E-state index contributed by atoms with van der Waals surface area (Å²) < 4.78 is 40.2. The van der Waals surface area contributed by atoms with Crippen molar-refractivity contribution in [1.82, 2.24) is 4.72 Å². The Labute approximate surface area is 145 Å². The first-order valence-corrected chi connectivity index (χ1v) is 9.13. The molecule has 0 saturated heterocycles. The van der Waals surface area contributed by atoms with Gasteiger partial charge in [-0.05, 0) is 50.1 Å². The zero-order valence-corrected chi connectivity index (χ0v) is 14.8. The van der Waals surface area contributed by atoms with Crippen LogP contribution < -0.4 is 15.4 Å². The second kappa shape index (κ2) is 6.12. The summed E-state index contributed by atoms with van der Waals surface area (Å²) in [4.78, 5) is 12.4. The average Bonchev–Trinajstić information content (AvgIpc) is 2.49. The lowest BCUT2D eigenvalue weighted by atomic mass is 10.1. The highest BCUT2D eigenvalue weighted by Crippen LogP contribution is 2.28. The van der Waals surface area contributed by atoms with Crippen molar-refractivity contribution in [3.63, 3.8) is 0 Å². The van der Waals surface area contributed by atoms with E-state index in [1.165, 1.54) is 0 Å². The Morgan fingerprint density at radius 1 is 1.12 bits per heavy atom. The highest BCUT2D eigenvalue weighted by molar-refractivity contribution is 7.89. The van der Waals surface area contributed by atoms with Crippen LogP contribution in [0.25, 0.3) is 0 Å². The molecule has 3 rings (SSSR count). The van der Waals surface area contributed by atoms with Crippen molar-refractivity contribution < 1.29 is 17.6 Å². The lowest BCUT2D eigenvalue weighted by Gasteiger charge is -2.27. The standard InChI is InChI=1S/C17H18FN3O3S/c1-9-6-10(2)15(11(3)7-9)20-17(22)16-19-13-8-12(18)4-5-14(13)25(23,24)21-16/h4-8,16,19,21H,1-3H3,(H,20,22)/t16-/m0/s1. The Hall–Kier alpha value is -2.45. The molecule has 3 N–H and O–H groups in total. The molecule has 0 unspecified atom stereocenters. The van der Waals surface area contributed by atoms with Gasteiger partial charge in [0.15, 0.2) is 6.17 Å². The normalized spacial score (nSPS) is 18.2. The van der Waals surface area contributed by atoms with Crippen molar-refractivity contribution in [2.75, 3.05) is 10.6 Å². The second-order valence-electron chi connectivity index (χ2n) is 6.10. The number of hydrogen-bond donors (Lipinski definition) is 3. The number of halogens is 1. The number of fused-ring (bicyclic) bond motifs is 1. The molecule has 1 heterocycles. The van der Waals surface area contributed by atoms with Gasteiger partial charge in [-0.25, -0.2) is 12.8 Å². The van der Waals surface area contributed by atoms with Crippen molar-refractivity contribution >= 4 is 27.3 Å². The Morgan fingerprint density at radius 2 is 1.76 bits per heavy atom. The number of anilines is 2. The molecule has 0 saturated carbocycles. The van der Waals surface area contributed by atoms with Gasteiger partial charge in [-0.15, -0.1) is 0 Å². The van der Waals surface area contributed by atoms with E-state index in [9.17, 15) is 17.6 Å². The first kappa shape index (κ1) is 17.4. The lowest BCUT2D eigenvalue weighted by molar-refractivity contribution is -0.117. The maximum absolute atomic E-state index is 13.4. The highest BCUT2D eigenvalue weighted by Gasteiger charge is 2.33. The molecular formula is C17H18FN3O3S. The van der Waals surface area contributed by atoms with Gasteiger partial charge in [0, 0.05) is 5.69 Å². The van der Waals surface area contributed by atoms with E-state index in [0.29, 0.717) is 5.69 Å². The summed E-state index contributed by atoms with van der Waals surface area (Å²) in [6, 6.07) is 7.11. The molecule has 0 aliphatic carbocycles. The number of aryl methyl sites for hydroxylation is 3. The van der Waals surface area contributed by atoms with Gasteiger partial charge < -0.3 is 10.6 Å². The van der Waals surface area contributed by atoms with Crippen molar-refractivity contribution in [2.45, 2.75) is 31.8 Å². The molecule has 1 aliphatic heterocycles. The molecule has 0 aromatic heterocycles. The Kier molecular flexibility index (Phi) is 4.26. The van der Waals surface area contributed by atoms with E-state index in [4.69, 9.17) is 0 Å². The van der Waals surface area contributed by atoms with Crippen LogP contribution in [0.3, 0.4) is 0 Å².